The Bertz CT molecular complexity index is 742. The normalized spacial score (nSPS) is 12.0. The third kappa shape index (κ3) is 3.16. The molecule has 1 unspecified atom stereocenters. The quantitative estimate of drug-likeness (QED) is 0.663. The fourth-order valence-electron chi connectivity index (χ4n) is 2.22. The van der Waals surface area contributed by atoms with E-state index < -0.39 is 11.0 Å². The second kappa shape index (κ2) is 6.27. The maximum atomic E-state index is 12.3. The van der Waals surface area contributed by atoms with E-state index in [-0.39, 0.29) is 11.6 Å². The number of nitrogens with one attached hydrogen (secondary N) is 1. The number of benzene rings is 1. The summed E-state index contributed by atoms with van der Waals surface area (Å²) >= 11 is 3.33. The van der Waals surface area contributed by atoms with Crippen molar-refractivity contribution < 1.29 is 9.72 Å². The highest BCUT2D eigenvalue weighted by Gasteiger charge is 2.27. The van der Waals surface area contributed by atoms with E-state index in [1.54, 1.807) is 39.0 Å². The smallest absolute Gasteiger partial charge is 0.312 e. The lowest BCUT2D eigenvalue weighted by Gasteiger charge is -2.14. The van der Waals surface area contributed by atoms with Gasteiger partial charge >= 0.3 is 5.69 Å². The maximum Gasteiger partial charge on any atom is 0.312 e. The molecule has 1 aromatic heterocycles. The minimum Gasteiger partial charge on any atom is -0.324 e. The van der Waals surface area contributed by atoms with Gasteiger partial charge in [-0.2, -0.15) is 5.10 Å². The molecule has 0 bridgehead atoms. The lowest BCUT2D eigenvalue weighted by atomic mass is 10.2. The van der Waals surface area contributed by atoms with Crippen LogP contribution in [0.3, 0.4) is 0 Å². The lowest BCUT2D eigenvalue weighted by Crippen LogP contribution is -2.25. The molecule has 1 amide bonds. The van der Waals surface area contributed by atoms with Crippen LogP contribution in [-0.2, 0) is 4.79 Å². The highest BCUT2D eigenvalue weighted by atomic mass is 79.9. The van der Waals surface area contributed by atoms with Crippen molar-refractivity contribution in [1.29, 1.82) is 0 Å². The predicted octanol–water partition coefficient (Wildman–Crippen LogP) is 3.37. The second-order valence-electron chi connectivity index (χ2n) is 4.90. The van der Waals surface area contributed by atoms with Gasteiger partial charge in [0.25, 0.3) is 0 Å². The second-order valence-corrected chi connectivity index (χ2v) is 5.81. The van der Waals surface area contributed by atoms with Crippen LogP contribution >= 0.6 is 15.9 Å². The standard InChI is InChI=1S/C14H15BrN4O3/c1-8-13(19(21)22)9(2)18(17-8)10(3)14(20)16-12-6-4-5-11(15)7-12/h4-7,10H,1-3H3,(H,16,20). The van der Waals surface area contributed by atoms with E-state index in [4.69, 9.17) is 0 Å². The van der Waals surface area contributed by atoms with Gasteiger partial charge in [0.05, 0.1) is 4.92 Å². The Hall–Kier alpha value is -2.22. The molecule has 22 heavy (non-hydrogen) atoms. The summed E-state index contributed by atoms with van der Waals surface area (Å²) in [6, 6.07) is 6.53. The minimum absolute atomic E-state index is 0.0536. The fraction of sp³-hybridized carbons (Fsp3) is 0.286. The zero-order chi connectivity index (χ0) is 16.4. The van der Waals surface area contributed by atoms with Crippen molar-refractivity contribution in [2.75, 3.05) is 5.32 Å². The lowest BCUT2D eigenvalue weighted by molar-refractivity contribution is -0.386. The Morgan fingerprint density at radius 2 is 2.14 bits per heavy atom. The van der Waals surface area contributed by atoms with Gasteiger partial charge in [0.1, 0.15) is 17.4 Å². The van der Waals surface area contributed by atoms with Crippen LogP contribution in [-0.4, -0.2) is 20.6 Å². The first-order valence-electron chi connectivity index (χ1n) is 6.57. The van der Waals surface area contributed by atoms with Crippen molar-refractivity contribution in [2.45, 2.75) is 26.8 Å². The third-order valence-corrected chi connectivity index (χ3v) is 3.80. The molecule has 0 aliphatic carbocycles. The van der Waals surface area contributed by atoms with Gasteiger partial charge in [-0.25, -0.2) is 0 Å². The molecule has 0 fully saturated rings. The van der Waals surface area contributed by atoms with Gasteiger partial charge in [-0.3, -0.25) is 19.6 Å². The number of nitrogens with zero attached hydrogens (tertiary/aromatic N) is 3. The number of anilines is 1. The summed E-state index contributed by atoms with van der Waals surface area (Å²) < 4.78 is 2.22. The molecule has 2 aromatic rings. The van der Waals surface area contributed by atoms with Gasteiger partial charge in [-0.15, -0.1) is 0 Å². The van der Waals surface area contributed by atoms with E-state index >= 15 is 0 Å². The van der Waals surface area contributed by atoms with Crippen molar-refractivity contribution in [3.63, 3.8) is 0 Å². The van der Waals surface area contributed by atoms with Gasteiger partial charge in [-0.1, -0.05) is 22.0 Å². The molecule has 8 heteroatoms. The molecule has 116 valence electrons. The summed E-state index contributed by atoms with van der Waals surface area (Å²) in [7, 11) is 0. The highest BCUT2D eigenvalue weighted by Crippen LogP contribution is 2.25. The molecule has 1 aromatic carbocycles. The first kappa shape index (κ1) is 16.2. The first-order chi connectivity index (χ1) is 10.3. The Kier molecular flexibility index (Phi) is 4.60. The van der Waals surface area contributed by atoms with Crippen LogP contribution in [0, 0.1) is 24.0 Å². The summed E-state index contributed by atoms with van der Waals surface area (Å²) in [6.45, 7) is 4.79. The number of aromatic nitrogens is 2. The van der Waals surface area contributed by atoms with Gasteiger partial charge in [0, 0.05) is 10.2 Å². The Morgan fingerprint density at radius 1 is 1.45 bits per heavy atom. The number of rotatable bonds is 4. The molecule has 1 N–H and O–H groups in total. The number of aryl methyl sites for hydroxylation is 1. The SMILES string of the molecule is Cc1nn(C(C)C(=O)Nc2cccc(Br)c2)c(C)c1[N+](=O)[O-]. The summed E-state index contributed by atoms with van der Waals surface area (Å²) in [5.41, 5.74) is 1.24. The molecule has 0 saturated heterocycles. The topological polar surface area (TPSA) is 90.1 Å². The molecule has 2 rings (SSSR count). The highest BCUT2D eigenvalue weighted by molar-refractivity contribution is 9.10. The Labute approximate surface area is 135 Å². The number of carbonyl (C=O) groups is 1. The zero-order valence-corrected chi connectivity index (χ0v) is 13.9. The molecule has 0 saturated carbocycles. The van der Waals surface area contributed by atoms with Crippen molar-refractivity contribution in [3.05, 3.63) is 50.2 Å². The van der Waals surface area contributed by atoms with Crippen LogP contribution in [0.1, 0.15) is 24.4 Å². The van der Waals surface area contributed by atoms with E-state index in [2.05, 4.69) is 26.3 Å². The van der Waals surface area contributed by atoms with Gasteiger partial charge in [0.15, 0.2) is 0 Å². The zero-order valence-electron chi connectivity index (χ0n) is 12.3. The average molecular weight is 367 g/mol. The summed E-state index contributed by atoms with van der Waals surface area (Å²) in [4.78, 5) is 22.9. The monoisotopic (exact) mass is 366 g/mol. The molecule has 1 heterocycles. The number of hydrogen-bond donors (Lipinski definition) is 1. The molecule has 0 spiro atoms. The van der Waals surface area contributed by atoms with Crippen LogP contribution in [0.4, 0.5) is 11.4 Å². The Morgan fingerprint density at radius 3 is 2.68 bits per heavy atom. The predicted molar refractivity (Wildman–Crippen MR) is 85.8 cm³/mol. The van der Waals surface area contributed by atoms with Crippen LogP contribution < -0.4 is 5.32 Å². The minimum atomic E-state index is -0.661. The fourth-order valence-corrected chi connectivity index (χ4v) is 2.62. The van der Waals surface area contributed by atoms with E-state index in [0.29, 0.717) is 17.1 Å². The van der Waals surface area contributed by atoms with Crippen LogP contribution in [0.5, 0.6) is 0 Å². The van der Waals surface area contributed by atoms with Gasteiger partial charge < -0.3 is 5.32 Å². The van der Waals surface area contributed by atoms with E-state index in [9.17, 15) is 14.9 Å². The number of nitro groups is 1. The molecule has 7 nitrogen and oxygen atoms in total. The number of halogens is 1. The van der Waals surface area contributed by atoms with E-state index in [0.717, 1.165) is 4.47 Å². The Balaban J connectivity index is 2.24. The third-order valence-electron chi connectivity index (χ3n) is 3.31. The van der Waals surface area contributed by atoms with E-state index in [1.165, 1.54) is 4.68 Å². The molecular formula is C14H15BrN4O3. The summed E-state index contributed by atoms with van der Waals surface area (Å²) in [5, 5.41) is 17.9. The maximum absolute atomic E-state index is 12.3. The molecule has 0 radical (unpaired) electrons. The molecular weight excluding hydrogens is 352 g/mol. The van der Waals surface area contributed by atoms with Crippen molar-refractivity contribution in [2.24, 2.45) is 0 Å². The largest absolute Gasteiger partial charge is 0.324 e. The molecule has 0 aliphatic heterocycles. The van der Waals surface area contributed by atoms with Gasteiger partial charge in [-0.05, 0) is 39.0 Å². The van der Waals surface area contributed by atoms with Crippen molar-refractivity contribution >= 4 is 33.2 Å². The van der Waals surface area contributed by atoms with Crippen molar-refractivity contribution in [3.8, 4) is 0 Å². The van der Waals surface area contributed by atoms with Crippen molar-refractivity contribution in [1.82, 2.24) is 9.78 Å². The molecule has 0 aliphatic rings. The van der Waals surface area contributed by atoms with Crippen LogP contribution in [0.25, 0.3) is 0 Å². The number of hydrogen-bond acceptors (Lipinski definition) is 4. The molecule has 1 atom stereocenters. The average Bonchev–Trinajstić information content (AvgIpc) is 2.73. The first-order valence-corrected chi connectivity index (χ1v) is 7.37. The van der Waals surface area contributed by atoms with Crippen LogP contribution in [0.15, 0.2) is 28.7 Å². The van der Waals surface area contributed by atoms with E-state index in [1.807, 2.05) is 6.07 Å². The summed E-state index contributed by atoms with van der Waals surface area (Å²) in [5.74, 6) is -0.293. The summed E-state index contributed by atoms with van der Waals surface area (Å²) in [6.07, 6.45) is 0. The van der Waals surface area contributed by atoms with Crippen LogP contribution in [0.2, 0.25) is 0 Å². The van der Waals surface area contributed by atoms with Gasteiger partial charge in [0.2, 0.25) is 5.91 Å². The number of carbonyl (C=O) groups excluding carboxylic acids is 1. The number of amides is 1.